The summed E-state index contributed by atoms with van der Waals surface area (Å²) in [6.45, 7) is 10.7. The van der Waals surface area contributed by atoms with Crippen LogP contribution in [-0.4, -0.2) is 19.6 Å². The van der Waals surface area contributed by atoms with E-state index in [1.807, 2.05) is 0 Å². The Morgan fingerprint density at radius 1 is 1.22 bits per heavy atom. The van der Waals surface area contributed by atoms with Crippen molar-refractivity contribution in [2.45, 2.75) is 40.2 Å². The number of hydrogen-bond acceptors (Lipinski definition) is 2. The van der Waals surface area contributed by atoms with E-state index in [2.05, 4.69) is 65.1 Å². The molecule has 1 aromatic rings. The Bertz CT molecular complexity index is 352. The van der Waals surface area contributed by atoms with Crippen molar-refractivity contribution < 1.29 is 0 Å². The van der Waals surface area contributed by atoms with Crippen LogP contribution in [0.4, 0.5) is 5.69 Å². The number of rotatable bonds is 8. The van der Waals surface area contributed by atoms with Gasteiger partial charge in [-0.1, -0.05) is 42.3 Å². The van der Waals surface area contributed by atoms with Crippen molar-refractivity contribution in [1.29, 1.82) is 0 Å². The minimum atomic E-state index is 0.929. The molecular formula is C15H25BrN2. The van der Waals surface area contributed by atoms with E-state index < -0.39 is 0 Å². The van der Waals surface area contributed by atoms with Crippen molar-refractivity contribution in [3.8, 4) is 0 Å². The van der Waals surface area contributed by atoms with Crippen LogP contribution in [-0.2, 0) is 6.54 Å². The summed E-state index contributed by atoms with van der Waals surface area (Å²) < 4.78 is 1.20. The van der Waals surface area contributed by atoms with Gasteiger partial charge in [-0.15, -0.1) is 0 Å². The molecule has 102 valence electrons. The van der Waals surface area contributed by atoms with Crippen LogP contribution >= 0.6 is 15.9 Å². The summed E-state index contributed by atoms with van der Waals surface area (Å²) in [4.78, 5) is 2.44. The molecule has 0 saturated carbocycles. The van der Waals surface area contributed by atoms with E-state index in [1.165, 1.54) is 28.6 Å². The molecule has 2 nitrogen and oxygen atoms in total. The van der Waals surface area contributed by atoms with Crippen molar-refractivity contribution in [2.75, 3.05) is 24.5 Å². The Kier molecular flexibility index (Phi) is 7.36. The first-order chi connectivity index (χ1) is 8.72. The lowest BCUT2D eigenvalue weighted by molar-refractivity contribution is 0.721. The second kappa shape index (κ2) is 8.54. The van der Waals surface area contributed by atoms with Crippen LogP contribution in [0, 0.1) is 0 Å². The molecule has 0 atom stereocenters. The van der Waals surface area contributed by atoms with Gasteiger partial charge in [-0.2, -0.15) is 0 Å². The largest absolute Gasteiger partial charge is 0.372 e. The standard InChI is InChI=1S/C15H25BrN2/c1-4-7-10-18(6-3)14-9-8-13(12-17-5-2)15(16)11-14/h8-9,11,17H,4-7,10,12H2,1-3H3. The smallest absolute Gasteiger partial charge is 0.0377 e. The van der Waals surface area contributed by atoms with Crippen LogP contribution in [0.15, 0.2) is 22.7 Å². The van der Waals surface area contributed by atoms with Crippen LogP contribution in [0.3, 0.4) is 0 Å². The molecule has 0 heterocycles. The average molecular weight is 313 g/mol. The van der Waals surface area contributed by atoms with Gasteiger partial charge in [-0.3, -0.25) is 0 Å². The molecule has 1 aromatic carbocycles. The van der Waals surface area contributed by atoms with Crippen molar-refractivity contribution in [3.63, 3.8) is 0 Å². The quantitative estimate of drug-likeness (QED) is 0.774. The van der Waals surface area contributed by atoms with E-state index in [9.17, 15) is 0 Å². The van der Waals surface area contributed by atoms with Crippen LogP contribution in [0.2, 0.25) is 0 Å². The maximum absolute atomic E-state index is 3.68. The van der Waals surface area contributed by atoms with Crippen molar-refractivity contribution in [3.05, 3.63) is 28.2 Å². The van der Waals surface area contributed by atoms with Crippen molar-refractivity contribution >= 4 is 21.6 Å². The number of unbranched alkanes of at least 4 members (excludes halogenated alkanes) is 1. The third-order valence-corrected chi connectivity index (χ3v) is 3.87. The molecule has 0 saturated heterocycles. The normalized spacial score (nSPS) is 10.7. The van der Waals surface area contributed by atoms with E-state index in [0.717, 1.165) is 26.2 Å². The zero-order valence-electron chi connectivity index (χ0n) is 11.8. The van der Waals surface area contributed by atoms with Crippen LogP contribution < -0.4 is 10.2 Å². The molecular weight excluding hydrogens is 288 g/mol. The molecule has 3 heteroatoms. The molecule has 0 aliphatic carbocycles. The predicted molar refractivity (Wildman–Crippen MR) is 84.3 cm³/mol. The first-order valence-corrected chi connectivity index (χ1v) is 7.76. The summed E-state index contributed by atoms with van der Waals surface area (Å²) in [6, 6.07) is 6.69. The lowest BCUT2D eigenvalue weighted by atomic mass is 10.2. The summed E-state index contributed by atoms with van der Waals surface area (Å²) in [5.74, 6) is 0. The first kappa shape index (κ1) is 15.5. The molecule has 0 aliphatic heterocycles. The monoisotopic (exact) mass is 312 g/mol. The highest BCUT2D eigenvalue weighted by atomic mass is 79.9. The highest BCUT2D eigenvalue weighted by Crippen LogP contribution is 2.24. The molecule has 0 aromatic heterocycles. The number of nitrogens with one attached hydrogen (secondary N) is 1. The number of anilines is 1. The van der Waals surface area contributed by atoms with E-state index in [-0.39, 0.29) is 0 Å². The second-order valence-corrected chi connectivity index (χ2v) is 5.34. The number of benzene rings is 1. The van der Waals surface area contributed by atoms with E-state index in [0.29, 0.717) is 0 Å². The topological polar surface area (TPSA) is 15.3 Å². The molecule has 0 aliphatic rings. The number of hydrogen-bond donors (Lipinski definition) is 1. The summed E-state index contributed by atoms with van der Waals surface area (Å²) in [5.41, 5.74) is 2.64. The first-order valence-electron chi connectivity index (χ1n) is 6.97. The Hall–Kier alpha value is -0.540. The predicted octanol–water partition coefficient (Wildman–Crippen LogP) is 4.19. The molecule has 1 N–H and O–H groups in total. The van der Waals surface area contributed by atoms with Crippen molar-refractivity contribution in [2.24, 2.45) is 0 Å². The molecule has 0 radical (unpaired) electrons. The van der Waals surface area contributed by atoms with Gasteiger partial charge in [0.1, 0.15) is 0 Å². The fourth-order valence-electron chi connectivity index (χ4n) is 1.95. The van der Waals surface area contributed by atoms with Gasteiger partial charge >= 0.3 is 0 Å². The van der Waals surface area contributed by atoms with Crippen molar-refractivity contribution in [1.82, 2.24) is 5.32 Å². The van der Waals surface area contributed by atoms with E-state index >= 15 is 0 Å². The van der Waals surface area contributed by atoms with E-state index in [1.54, 1.807) is 0 Å². The lowest BCUT2D eigenvalue weighted by Crippen LogP contribution is -2.23. The highest BCUT2D eigenvalue weighted by molar-refractivity contribution is 9.10. The Morgan fingerprint density at radius 2 is 2.00 bits per heavy atom. The van der Waals surface area contributed by atoms with E-state index in [4.69, 9.17) is 0 Å². The van der Waals surface area contributed by atoms with Gasteiger partial charge in [0.25, 0.3) is 0 Å². The molecule has 0 bridgehead atoms. The van der Waals surface area contributed by atoms with Gasteiger partial charge in [0, 0.05) is 29.8 Å². The average Bonchev–Trinajstić information content (AvgIpc) is 2.38. The van der Waals surface area contributed by atoms with Gasteiger partial charge in [0.15, 0.2) is 0 Å². The fraction of sp³-hybridized carbons (Fsp3) is 0.600. The molecule has 0 unspecified atom stereocenters. The van der Waals surface area contributed by atoms with Gasteiger partial charge in [-0.25, -0.2) is 0 Å². The Balaban J connectivity index is 2.74. The van der Waals surface area contributed by atoms with Crippen LogP contribution in [0.1, 0.15) is 39.2 Å². The third-order valence-electron chi connectivity index (χ3n) is 3.13. The third kappa shape index (κ3) is 4.62. The molecule has 0 fully saturated rings. The molecule has 0 amide bonds. The summed E-state index contributed by atoms with van der Waals surface area (Å²) in [6.07, 6.45) is 2.50. The fourth-order valence-corrected chi connectivity index (χ4v) is 2.46. The van der Waals surface area contributed by atoms with Gasteiger partial charge < -0.3 is 10.2 Å². The second-order valence-electron chi connectivity index (χ2n) is 4.49. The maximum Gasteiger partial charge on any atom is 0.0377 e. The summed E-state index contributed by atoms with van der Waals surface area (Å²) >= 11 is 3.68. The highest BCUT2D eigenvalue weighted by Gasteiger charge is 2.06. The van der Waals surface area contributed by atoms with Gasteiger partial charge in [0.05, 0.1) is 0 Å². The zero-order valence-corrected chi connectivity index (χ0v) is 13.4. The van der Waals surface area contributed by atoms with Crippen LogP contribution in [0.5, 0.6) is 0 Å². The van der Waals surface area contributed by atoms with Gasteiger partial charge in [0.2, 0.25) is 0 Å². The zero-order chi connectivity index (χ0) is 13.4. The summed E-state index contributed by atoms with van der Waals surface area (Å²) in [5, 5.41) is 3.36. The molecule has 18 heavy (non-hydrogen) atoms. The van der Waals surface area contributed by atoms with Crippen LogP contribution in [0.25, 0.3) is 0 Å². The summed E-state index contributed by atoms with van der Waals surface area (Å²) in [7, 11) is 0. The van der Waals surface area contributed by atoms with Gasteiger partial charge in [-0.05, 0) is 37.6 Å². The minimum absolute atomic E-state index is 0.929. The number of halogens is 1. The Labute approximate surface area is 120 Å². The Morgan fingerprint density at radius 3 is 2.56 bits per heavy atom. The molecule has 0 spiro atoms. The SMILES string of the molecule is CCCCN(CC)c1ccc(CNCC)c(Br)c1. The maximum atomic E-state index is 3.68. The lowest BCUT2D eigenvalue weighted by Gasteiger charge is -2.23. The minimum Gasteiger partial charge on any atom is -0.372 e. The number of nitrogens with zero attached hydrogens (tertiary/aromatic N) is 1. The molecule has 1 rings (SSSR count).